The monoisotopic (exact) mass is 985 g/mol. The quantitative estimate of drug-likeness (QED) is 0.103. The third kappa shape index (κ3) is 1.81. The van der Waals surface area contributed by atoms with Crippen molar-refractivity contribution in [3.8, 4) is 5.75 Å². The van der Waals surface area contributed by atoms with Crippen LogP contribution in [0.3, 0.4) is 0 Å². The van der Waals surface area contributed by atoms with Crippen LogP contribution in [-0.4, -0.2) is 52.2 Å². The van der Waals surface area contributed by atoms with Gasteiger partial charge in [0.1, 0.15) is 18.4 Å². The summed E-state index contributed by atoms with van der Waals surface area (Å²) in [6.45, 7) is -0.574. The fraction of sp³-hybridized carbons (Fsp3) is 0.0694. The van der Waals surface area contributed by atoms with Gasteiger partial charge in [-0.15, -0.1) is 0 Å². The smallest absolute Gasteiger partial charge is 0.337 e. The number of fused-ring (bicyclic) bond motifs is 2. The van der Waals surface area contributed by atoms with Crippen molar-refractivity contribution in [2.45, 2.75) is 16.9 Å². The minimum atomic E-state index is -1.30. The largest absolute Gasteiger partial charge is 0.480 e. The molecule has 2 bridgehead atoms. The lowest BCUT2D eigenvalue weighted by Crippen LogP contribution is -2.57. The molecule has 0 saturated carbocycles. The zero-order valence-corrected chi connectivity index (χ0v) is 39.8. The SMILES string of the molecule is O=C(CO)Oc1ccc(C(=O)N2CC34c5c6c7c8c9c%10c%11c%12c(c3c3c%13c4c4c%14c5c7c5c7c%14c%14c4c4c%13c%13c%15c3c%12c3c%12c%11c%11c9c9c8c5c5c7c7c%14c8c4c%13c4c(c%153)c3c%12c%11c%11c9c5c5c%11c3c4c8c75)C6%10C2C(=O)O)cc1. The molecule has 3 unspecified atom stereocenters. The summed E-state index contributed by atoms with van der Waals surface area (Å²) in [5, 5.41) is 97.5. The van der Waals surface area contributed by atoms with E-state index in [2.05, 4.69) is 0 Å². The van der Waals surface area contributed by atoms with E-state index < -0.39 is 35.4 Å². The van der Waals surface area contributed by atoms with Crippen LogP contribution in [0.1, 0.15) is 43.7 Å². The molecule has 1 amide bonds. The van der Waals surface area contributed by atoms with Crippen LogP contribution in [0.15, 0.2) is 24.3 Å². The average Bonchev–Trinajstić information content (AvgIpc) is 1.62. The molecule has 2 spiro atoms. The van der Waals surface area contributed by atoms with Crippen LogP contribution in [0.5, 0.6) is 5.75 Å². The maximum Gasteiger partial charge on any atom is 0.337 e. The lowest BCUT2D eigenvalue weighted by atomic mass is 9.53. The molecule has 28 aromatic carbocycles. The number of benzene rings is 18. The van der Waals surface area contributed by atoms with Gasteiger partial charge in [-0.3, -0.25) is 4.79 Å². The molecule has 0 fully saturated rings. The Balaban J connectivity index is 1.02. The summed E-state index contributed by atoms with van der Waals surface area (Å²) in [7, 11) is 0. The molecule has 28 aromatic rings. The number of carbonyl (C=O) groups excluding carboxylic acids is 2. The van der Waals surface area contributed by atoms with Crippen molar-refractivity contribution in [2.75, 3.05) is 13.2 Å². The third-order valence-electron chi connectivity index (χ3n) is 26.5. The van der Waals surface area contributed by atoms with Gasteiger partial charge in [0.25, 0.3) is 5.91 Å². The number of carbonyl (C=O) groups is 3. The summed E-state index contributed by atoms with van der Waals surface area (Å²) in [6.07, 6.45) is 0. The number of ether oxygens (including phenoxy) is 1. The number of carboxylic acids is 1. The molecule has 7 aliphatic rings. The highest BCUT2D eigenvalue weighted by molar-refractivity contribution is 6.81. The van der Waals surface area contributed by atoms with Crippen LogP contribution in [0.25, 0.3) is 280 Å². The molecule has 3 atom stereocenters. The highest BCUT2D eigenvalue weighted by atomic mass is 16.5. The molecular weight excluding hydrogens is 975 g/mol. The van der Waals surface area contributed by atoms with Gasteiger partial charge in [0.2, 0.25) is 0 Å². The highest BCUT2D eigenvalue weighted by Crippen LogP contribution is 2.85. The van der Waals surface area contributed by atoms with Gasteiger partial charge in [-0.1, -0.05) is 0 Å². The van der Waals surface area contributed by atoms with E-state index in [1.54, 1.807) is 29.7 Å². The Morgan fingerprint density at radius 1 is 0.367 bits per heavy atom. The molecule has 2 N–H and O–H groups in total. The summed E-state index contributed by atoms with van der Waals surface area (Å²) in [6, 6.07) is 5.29. The molecule has 0 radical (unpaired) electrons. The number of nitrogens with zero attached hydrogens (tertiary/aromatic N) is 1. The lowest BCUT2D eigenvalue weighted by molar-refractivity contribution is -0.143. The zero-order valence-electron chi connectivity index (χ0n) is 39.8. The fourth-order valence-corrected chi connectivity index (χ4v) is 26.2. The van der Waals surface area contributed by atoms with Crippen LogP contribution < -0.4 is 4.74 Å². The van der Waals surface area contributed by atoms with Gasteiger partial charge >= 0.3 is 11.9 Å². The second-order valence-electron chi connectivity index (χ2n) is 27.3. The molecule has 7 nitrogen and oxygen atoms in total. The first-order chi connectivity index (χ1) is 39.0. The second kappa shape index (κ2) is 7.35. The van der Waals surface area contributed by atoms with E-state index in [0.717, 1.165) is 0 Å². The Hall–Kier alpha value is -9.95. The predicted octanol–water partition coefficient (Wildman–Crippen LogP) is 15.5. The van der Waals surface area contributed by atoms with Gasteiger partial charge in [0.05, 0.1) is 10.8 Å². The van der Waals surface area contributed by atoms with E-state index in [9.17, 15) is 15.0 Å². The van der Waals surface area contributed by atoms with Crippen LogP contribution >= 0.6 is 0 Å². The van der Waals surface area contributed by atoms with Gasteiger partial charge in [-0.2, -0.15) is 0 Å². The summed E-state index contributed by atoms with van der Waals surface area (Å²) in [5.74, 6) is -1.87. The predicted molar refractivity (Wildman–Crippen MR) is 314 cm³/mol. The van der Waals surface area contributed by atoms with Gasteiger partial charge in [-0.05, 0) is 338 Å². The van der Waals surface area contributed by atoms with E-state index in [1.807, 2.05) is 4.90 Å². The molecular formula is C72H11NO6. The van der Waals surface area contributed by atoms with Gasteiger partial charge in [0.15, 0.2) is 0 Å². The first kappa shape index (κ1) is 31.3. The summed E-state index contributed by atoms with van der Waals surface area (Å²) in [5.41, 5.74) is 5.77. The number of esters is 1. The number of hydrogen-bond donors (Lipinski definition) is 2. The molecule has 35 rings (SSSR count). The number of hydrogen-bond acceptors (Lipinski definition) is 5. The molecule has 2 heterocycles. The third-order valence-corrected chi connectivity index (χ3v) is 26.5. The van der Waals surface area contributed by atoms with Crippen LogP contribution in [-0.2, 0) is 20.4 Å². The van der Waals surface area contributed by atoms with E-state index >= 15 is 9.59 Å². The van der Waals surface area contributed by atoms with Crippen LogP contribution in [0.2, 0.25) is 0 Å². The molecule has 5 aliphatic carbocycles. The van der Waals surface area contributed by atoms with Crippen molar-refractivity contribution < 1.29 is 29.3 Å². The van der Waals surface area contributed by atoms with Crippen LogP contribution in [0, 0.1) is 0 Å². The Bertz CT molecular complexity index is 7950. The van der Waals surface area contributed by atoms with Crippen molar-refractivity contribution in [1.82, 2.24) is 4.90 Å². The summed E-state index contributed by atoms with van der Waals surface area (Å²) >= 11 is 0. The van der Waals surface area contributed by atoms with Gasteiger partial charge in [-0.25, -0.2) is 9.59 Å². The fourth-order valence-electron chi connectivity index (χ4n) is 26.2. The van der Waals surface area contributed by atoms with Crippen molar-refractivity contribution in [3.05, 3.63) is 63.2 Å². The molecule has 2 aliphatic heterocycles. The first-order valence-corrected chi connectivity index (χ1v) is 28.2. The molecule has 340 valence electrons. The average molecular weight is 986 g/mol. The Labute approximate surface area is 429 Å². The van der Waals surface area contributed by atoms with Crippen molar-refractivity contribution in [2.24, 2.45) is 0 Å². The van der Waals surface area contributed by atoms with Crippen LogP contribution in [0.4, 0.5) is 0 Å². The van der Waals surface area contributed by atoms with Gasteiger partial charge in [0, 0.05) is 12.1 Å². The number of aliphatic carboxylic acids is 1. The Kier molecular flexibility index (Phi) is 2.91. The van der Waals surface area contributed by atoms with E-state index in [0.29, 0.717) is 5.56 Å². The van der Waals surface area contributed by atoms with E-state index in [1.165, 1.54) is 308 Å². The Morgan fingerprint density at radius 3 is 0.962 bits per heavy atom. The van der Waals surface area contributed by atoms with E-state index in [-0.39, 0.29) is 18.2 Å². The number of aliphatic hydroxyl groups excluding tert-OH is 1. The topological polar surface area (TPSA) is 104 Å². The maximum absolute atomic E-state index is 16.6. The van der Waals surface area contributed by atoms with Crippen molar-refractivity contribution in [1.29, 1.82) is 0 Å². The maximum atomic E-state index is 16.6. The molecule has 0 saturated heterocycles. The molecule has 79 heavy (non-hydrogen) atoms. The minimum absolute atomic E-state index is 0.194. The van der Waals surface area contributed by atoms with Gasteiger partial charge < -0.3 is 19.8 Å². The summed E-state index contributed by atoms with van der Waals surface area (Å²) < 4.78 is 5.45. The number of rotatable bonds is 4. The van der Waals surface area contributed by atoms with Crippen molar-refractivity contribution in [3.63, 3.8) is 0 Å². The second-order valence-corrected chi connectivity index (χ2v) is 27.3. The van der Waals surface area contributed by atoms with E-state index in [4.69, 9.17) is 4.74 Å². The lowest BCUT2D eigenvalue weighted by Gasteiger charge is -2.46. The molecule has 0 aromatic heterocycles. The highest BCUT2D eigenvalue weighted by Gasteiger charge is 2.73. The Morgan fingerprint density at radius 2 is 0.620 bits per heavy atom. The van der Waals surface area contributed by atoms with Crippen molar-refractivity contribution >= 4 is 298 Å². The number of amides is 1. The normalized spacial score (nSPS) is 22.1. The number of carboxylic acid groups (broad SMARTS) is 1. The first-order valence-electron chi connectivity index (χ1n) is 28.2. The summed E-state index contributed by atoms with van der Waals surface area (Å²) in [4.78, 5) is 46.8. The standard InChI is InChI=1S/C72H11NO6/c74-5-9(75)79-8-3-1-7(2-4-8)69(76)73-6-71-62-54-45-38-25-18-12-13-15-11-10-14(12)23(25)29-27-16(10)20-17(11)28-30-24(15)26-19(13)22-21(18)32-40-33(22)42-39(26)46-44(30)48-35(28)37-31(20)36-34(27)47(43(29)45)58(62)60-49(36)50(37)61-59(48)63-55(46)52(42)57-53(40)56(51(54)41(32)38)64(71)66(57)72(63,67(61)65(60)71)68(73)70(77)78/h1-4,68,74H,5-6H2,(H,77,78). The zero-order chi connectivity index (χ0) is 48.5. The number of aliphatic hydroxyl groups is 1. The minimum Gasteiger partial charge on any atom is -0.480 e. The molecule has 7 heteroatoms.